The number of aliphatic hydroxyl groups excluding tert-OH is 1. The highest BCUT2D eigenvalue weighted by molar-refractivity contribution is 8.24. The lowest BCUT2D eigenvalue weighted by Gasteiger charge is -2.58. The van der Waals surface area contributed by atoms with Crippen molar-refractivity contribution in [1.82, 2.24) is 14.5 Å². The third kappa shape index (κ3) is 2.92. The molecule has 7 nitrogen and oxygen atoms in total. The van der Waals surface area contributed by atoms with Crippen molar-refractivity contribution in [2.45, 2.75) is 37.8 Å². The quantitative estimate of drug-likeness (QED) is 0.662. The Labute approximate surface area is 183 Å². The molecule has 1 aromatic carbocycles. The highest BCUT2D eigenvalue weighted by atomic mass is 32.3. The van der Waals surface area contributed by atoms with Gasteiger partial charge in [-0.25, -0.2) is 4.98 Å². The molecule has 1 saturated carbocycles. The van der Waals surface area contributed by atoms with Crippen molar-refractivity contribution >= 4 is 16.5 Å². The number of aromatic nitrogens is 2. The number of imidazole rings is 1. The molecule has 31 heavy (non-hydrogen) atoms. The van der Waals surface area contributed by atoms with Crippen LogP contribution in [0.3, 0.4) is 0 Å². The smallest absolute Gasteiger partial charge is 0.227 e. The van der Waals surface area contributed by atoms with Gasteiger partial charge in [-0.2, -0.15) is 10.6 Å². The third-order valence-electron chi connectivity index (χ3n) is 8.28. The minimum absolute atomic E-state index is 0.0606. The topological polar surface area (TPSA) is 98.8 Å². The SMILES string of the molecule is O=C(C1CCS(O)(O)C1)N1CCC2(CC1)C[C@@H](C1c3ccccc3-c3cncn31)[C@H]2O. The number of piperidine rings is 1. The largest absolute Gasteiger partial charge is 0.392 e. The molecule has 3 fully saturated rings. The maximum Gasteiger partial charge on any atom is 0.227 e. The van der Waals surface area contributed by atoms with Gasteiger partial charge in [0.25, 0.3) is 0 Å². The van der Waals surface area contributed by atoms with Crippen LogP contribution in [0.4, 0.5) is 0 Å². The first kappa shape index (κ1) is 19.8. The van der Waals surface area contributed by atoms with E-state index in [2.05, 4.69) is 27.8 Å². The fourth-order valence-electron chi connectivity index (χ4n) is 6.53. The molecule has 4 atom stereocenters. The van der Waals surface area contributed by atoms with Gasteiger partial charge in [0.15, 0.2) is 0 Å². The molecule has 1 aromatic heterocycles. The molecule has 4 aliphatic rings. The monoisotopic (exact) mass is 443 g/mol. The lowest BCUT2D eigenvalue weighted by atomic mass is 9.53. The maximum absolute atomic E-state index is 12.8. The van der Waals surface area contributed by atoms with Gasteiger partial charge >= 0.3 is 0 Å². The van der Waals surface area contributed by atoms with Gasteiger partial charge in [0, 0.05) is 41.5 Å². The van der Waals surface area contributed by atoms with E-state index in [1.807, 2.05) is 23.5 Å². The fourth-order valence-corrected chi connectivity index (χ4v) is 8.32. The van der Waals surface area contributed by atoms with Gasteiger partial charge in [-0.05, 0) is 31.2 Å². The second-order valence-corrected chi connectivity index (χ2v) is 12.2. The van der Waals surface area contributed by atoms with Crippen LogP contribution >= 0.6 is 10.6 Å². The Hall–Kier alpha value is -1.87. The van der Waals surface area contributed by atoms with Crippen LogP contribution < -0.4 is 0 Å². The standard InChI is InChI=1S/C23H29N3O4S/c27-21-18(20-17-4-2-1-3-16(17)19-12-24-14-26(19)20)11-23(21)6-8-25(9-7-23)22(28)15-5-10-31(29,30)13-15/h1-4,12,14-15,18,20-21,27,29-30H,5-11,13H2/t15?,18-,20?,21+/m0/s1. The lowest BCUT2D eigenvalue weighted by molar-refractivity contribution is -0.165. The van der Waals surface area contributed by atoms with Crippen LogP contribution in [0.1, 0.15) is 37.3 Å². The van der Waals surface area contributed by atoms with Crippen LogP contribution in [0.5, 0.6) is 0 Å². The number of benzene rings is 1. The molecule has 0 radical (unpaired) electrons. The number of hydrogen-bond acceptors (Lipinski definition) is 5. The minimum atomic E-state index is -2.56. The summed E-state index contributed by atoms with van der Waals surface area (Å²) in [6, 6.07) is 8.53. The molecule has 4 heterocycles. The number of carbonyl (C=O) groups is 1. The molecule has 1 aliphatic carbocycles. The predicted molar refractivity (Wildman–Crippen MR) is 119 cm³/mol. The summed E-state index contributed by atoms with van der Waals surface area (Å²) in [6.07, 6.45) is 6.54. The van der Waals surface area contributed by atoms with E-state index in [9.17, 15) is 19.0 Å². The van der Waals surface area contributed by atoms with Crippen molar-refractivity contribution in [1.29, 1.82) is 0 Å². The molecule has 2 saturated heterocycles. The maximum atomic E-state index is 12.8. The third-order valence-corrected chi connectivity index (χ3v) is 10.1. The normalized spacial score (nSPS) is 33.6. The number of aliphatic hydroxyl groups is 1. The molecule has 0 bridgehead atoms. The Kier molecular flexibility index (Phi) is 4.35. The number of nitrogens with zero attached hydrogens (tertiary/aromatic N) is 3. The van der Waals surface area contributed by atoms with Gasteiger partial charge in [0.1, 0.15) is 0 Å². The number of likely N-dealkylation sites (tertiary alicyclic amines) is 1. The second-order valence-electron chi connectivity index (χ2n) is 9.88. The van der Waals surface area contributed by atoms with Gasteiger partial charge in [0.2, 0.25) is 5.91 Å². The molecule has 8 heteroatoms. The molecule has 2 unspecified atom stereocenters. The summed E-state index contributed by atoms with van der Waals surface area (Å²) in [4.78, 5) is 19.1. The molecule has 1 amide bonds. The zero-order chi connectivity index (χ0) is 21.4. The van der Waals surface area contributed by atoms with E-state index < -0.39 is 16.7 Å². The van der Waals surface area contributed by atoms with Crippen LogP contribution in [0.25, 0.3) is 11.3 Å². The highest BCUT2D eigenvalue weighted by Crippen LogP contribution is 2.59. The summed E-state index contributed by atoms with van der Waals surface area (Å²) in [5.74, 6) is 0.521. The first-order valence-corrected chi connectivity index (χ1v) is 13.1. The highest BCUT2D eigenvalue weighted by Gasteiger charge is 2.58. The van der Waals surface area contributed by atoms with Gasteiger partial charge in [-0.15, -0.1) is 0 Å². The zero-order valence-corrected chi connectivity index (χ0v) is 18.2. The Morgan fingerprint density at radius 2 is 1.97 bits per heavy atom. The molecule has 1 spiro atoms. The van der Waals surface area contributed by atoms with Crippen LogP contribution in [0.2, 0.25) is 0 Å². The van der Waals surface area contributed by atoms with E-state index in [1.165, 1.54) is 11.1 Å². The van der Waals surface area contributed by atoms with E-state index >= 15 is 0 Å². The first-order valence-electron chi connectivity index (χ1n) is 11.2. The summed E-state index contributed by atoms with van der Waals surface area (Å²) in [6.45, 7) is 1.30. The van der Waals surface area contributed by atoms with Crippen molar-refractivity contribution in [2.24, 2.45) is 17.3 Å². The summed E-state index contributed by atoms with van der Waals surface area (Å²) < 4.78 is 21.9. The number of hydrogen-bond donors (Lipinski definition) is 3. The van der Waals surface area contributed by atoms with Crippen molar-refractivity contribution in [3.05, 3.63) is 42.4 Å². The zero-order valence-electron chi connectivity index (χ0n) is 17.4. The Balaban J connectivity index is 1.14. The average Bonchev–Trinajstić information content (AvgIpc) is 3.46. The van der Waals surface area contributed by atoms with E-state index in [0.29, 0.717) is 25.3 Å². The van der Waals surface area contributed by atoms with Gasteiger partial charge in [-0.1, -0.05) is 24.3 Å². The molecule has 3 aliphatic heterocycles. The Morgan fingerprint density at radius 3 is 2.68 bits per heavy atom. The summed E-state index contributed by atoms with van der Waals surface area (Å²) >= 11 is 0. The number of rotatable bonds is 2. The van der Waals surface area contributed by atoms with Crippen molar-refractivity contribution in [3.63, 3.8) is 0 Å². The average molecular weight is 444 g/mol. The van der Waals surface area contributed by atoms with Crippen LogP contribution in [-0.4, -0.2) is 65.3 Å². The molecular weight excluding hydrogens is 414 g/mol. The van der Waals surface area contributed by atoms with Crippen molar-refractivity contribution in [2.75, 3.05) is 24.6 Å². The van der Waals surface area contributed by atoms with Crippen molar-refractivity contribution < 1.29 is 19.0 Å². The van der Waals surface area contributed by atoms with E-state index in [4.69, 9.17) is 0 Å². The molecule has 2 aromatic rings. The number of amides is 1. The molecular formula is C23H29N3O4S. The fraction of sp³-hybridized carbons (Fsp3) is 0.565. The molecule has 3 N–H and O–H groups in total. The van der Waals surface area contributed by atoms with Crippen molar-refractivity contribution in [3.8, 4) is 11.3 Å². The van der Waals surface area contributed by atoms with Gasteiger partial charge < -0.3 is 14.6 Å². The summed E-state index contributed by atoms with van der Waals surface area (Å²) in [7, 11) is -2.56. The lowest BCUT2D eigenvalue weighted by Crippen LogP contribution is -2.60. The van der Waals surface area contributed by atoms with Crippen LogP contribution in [0.15, 0.2) is 36.8 Å². The first-order chi connectivity index (χ1) is 14.9. The predicted octanol–water partition coefficient (Wildman–Crippen LogP) is 3.21. The summed E-state index contributed by atoms with van der Waals surface area (Å²) in [5, 5.41) is 11.3. The molecule has 6 rings (SSSR count). The minimum Gasteiger partial charge on any atom is -0.392 e. The van der Waals surface area contributed by atoms with Gasteiger partial charge in [0.05, 0.1) is 36.3 Å². The van der Waals surface area contributed by atoms with Crippen LogP contribution in [0, 0.1) is 17.3 Å². The number of carbonyl (C=O) groups excluding carboxylic acids is 1. The van der Waals surface area contributed by atoms with Gasteiger partial charge in [-0.3, -0.25) is 13.9 Å². The second kappa shape index (κ2) is 6.81. The van der Waals surface area contributed by atoms with E-state index in [0.717, 1.165) is 25.0 Å². The van der Waals surface area contributed by atoms with Crippen LogP contribution in [-0.2, 0) is 4.79 Å². The van der Waals surface area contributed by atoms with E-state index in [-0.39, 0.29) is 35.0 Å². The molecule has 166 valence electrons. The number of fused-ring (bicyclic) bond motifs is 3. The summed E-state index contributed by atoms with van der Waals surface area (Å²) in [5.41, 5.74) is 3.49. The van der Waals surface area contributed by atoms with E-state index in [1.54, 1.807) is 0 Å². The Bertz CT molecular complexity index is 1030. The Morgan fingerprint density at radius 1 is 1.19 bits per heavy atom.